The smallest absolute Gasteiger partial charge is 0.306 e. The van der Waals surface area contributed by atoms with Gasteiger partial charge in [0.15, 0.2) is 0 Å². The maximum atomic E-state index is 15.5. The number of ether oxygens (including phenoxy) is 2. The van der Waals surface area contributed by atoms with E-state index >= 15 is 4.39 Å². The number of hydrogen-bond donors (Lipinski definition) is 1. The van der Waals surface area contributed by atoms with Crippen molar-refractivity contribution in [3.05, 3.63) is 108 Å². The number of nitrogens with zero attached hydrogens (tertiary/aromatic N) is 1. The number of hydrogen-bond acceptors (Lipinski definition) is 3. The maximum absolute atomic E-state index is 15.5. The first-order chi connectivity index (χ1) is 21.3. The van der Waals surface area contributed by atoms with E-state index in [4.69, 9.17) is 9.47 Å². The van der Waals surface area contributed by atoms with Gasteiger partial charge in [0, 0.05) is 29.8 Å². The molecule has 0 saturated heterocycles. The molecule has 4 aromatic carbocycles. The number of para-hydroxylation sites is 1. The van der Waals surface area contributed by atoms with Crippen molar-refractivity contribution in [2.45, 2.75) is 44.6 Å². The normalized spacial score (nSPS) is 17.3. The zero-order chi connectivity index (χ0) is 30.5. The van der Waals surface area contributed by atoms with Gasteiger partial charge in [0.25, 0.3) is 0 Å². The number of carboxylic acid groups (broad SMARTS) is 1. The molecule has 224 valence electrons. The number of aromatic nitrogens is 1. The van der Waals surface area contributed by atoms with E-state index in [9.17, 15) is 9.90 Å². The highest BCUT2D eigenvalue weighted by Crippen LogP contribution is 2.49. The van der Waals surface area contributed by atoms with Gasteiger partial charge in [-0.2, -0.15) is 0 Å². The van der Waals surface area contributed by atoms with E-state index in [2.05, 4.69) is 41.1 Å². The lowest BCUT2D eigenvalue weighted by Gasteiger charge is -2.23. The first-order valence-corrected chi connectivity index (χ1v) is 15.4. The highest BCUT2D eigenvalue weighted by atomic mass is 19.1. The zero-order valence-corrected chi connectivity index (χ0v) is 25.2. The largest absolute Gasteiger partial charge is 0.497 e. The highest BCUT2D eigenvalue weighted by Gasteiger charge is 2.39. The van der Waals surface area contributed by atoms with Gasteiger partial charge in [-0.3, -0.25) is 4.79 Å². The standard InChI is InChI=1S/C38H36FNO4/c1-22(38(41)42)35(23-10-11-23)25-7-4-8-27(20-25)44-34-17-15-29-28(34)13-14-30(32-21-26(43-3)12-16-33(32)39)36(29)31-9-5-6-24-18-19-40(2)37(24)31/h4-9,12-14,16,18-23,34-35H,10-11,15,17H2,1-3H3,(H,41,42)/t22-,34+,35?/m0/s1. The van der Waals surface area contributed by atoms with E-state index in [1.807, 2.05) is 44.3 Å². The van der Waals surface area contributed by atoms with Crippen molar-refractivity contribution in [1.29, 1.82) is 0 Å². The summed E-state index contributed by atoms with van der Waals surface area (Å²) in [6.07, 6.45) is 5.59. The molecule has 0 radical (unpaired) electrons. The summed E-state index contributed by atoms with van der Waals surface area (Å²) < 4.78 is 29.8. The first kappa shape index (κ1) is 28.2. The third-order valence-corrected chi connectivity index (χ3v) is 9.56. The Hall–Kier alpha value is -4.58. The Morgan fingerprint density at radius 3 is 2.52 bits per heavy atom. The molecule has 1 N–H and O–H groups in total. The lowest BCUT2D eigenvalue weighted by Crippen LogP contribution is -2.20. The molecule has 0 bridgehead atoms. The van der Waals surface area contributed by atoms with Crippen LogP contribution in [0.5, 0.6) is 11.5 Å². The topological polar surface area (TPSA) is 60.7 Å². The number of methoxy groups -OCH3 is 1. The van der Waals surface area contributed by atoms with Gasteiger partial charge < -0.3 is 19.1 Å². The molecule has 1 aromatic heterocycles. The van der Waals surface area contributed by atoms with E-state index < -0.39 is 11.9 Å². The van der Waals surface area contributed by atoms with Crippen molar-refractivity contribution in [3.63, 3.8) is 0 Å². The molecule has 0 amide bonds. The summed E-state index contributed by atoms with van der Waals surface area (Å²) in [5, 5.41) is 10.9. The summed E-state index contributed by atoms with van der Waals surface area (Å²) in [5.41, 5.74) is 7.79. The quantitative estimate of drug-likeness (QED) is 0.186. The molecule has 1 fully saturated rings. The SMILES string of the molecule is COc1ccc(F)c(-c2ccc3c(c2-c2cccc4ccn(C)c24)CC[C@H]3Oc2cccc(C(C3CC3)[C@H](C)C(=O)O)c2)c1. The molecule has 1 saturated carbocycles. The average Bonchev–Trinajstić information content (AvgIpc) is 3.67. The predicted molar refractivity (Wildman–Crippen MR) is 171 cm³/mol. The monoisotopic (exact) mass is 589 g/mol. The molecule has 2 aliphatic rings. The fourth-order valence-corrected chi connectivity index (χ4v) is 7.25. The Morgan fingerprint density at radius 2 is 1.75 bits per heavy atom. The van der Waals surface area contributed by atoms with Crippen molar-refractivity contribution in [2.24, 2.45) is 18.9 Å². The molecule has 6 heteroatoms. The van der Waals surface area contributed by atoms with Crippen LogP contribution in [-0.4, -0.2) is 22.8 Å². The van der Waals surface area contributed by atoms with Crippen LogP contribution in [0.15, 0.2) is 85.1 Å². The minimum Gasteiger partial charge on any atom is -0.497 e. The third-order valence-electron chi connectivity index (χ3n) is 9.56. The van der Waals surface area contributed by atoms with E-state index in [1.165, 1.54) is 6.07 Å². The Kier molecular flexibility index (Phi) is 7.16. The van der Waals surface area contributed by atoms with Crippen LogP contribution < -0.4 is 9.47 Å². The van der Waals surface area contributed by atoms with Crippen molar-refractivity contribution in [3.8, 4) is 33.8 Å². The number of carboxylic acids is 1. The van der Waals surface area contributed by atoms with Gasteiger partial charge in [0.2, 0.25) is 0 Å². The van der Waals surface area contributed by atoms with Gasteiger partial charge in [0.1, 0.15) is 23.4 Å². The first-order valence-electron chi connectivity index (χ1n) is 15.4. The highest BCUT2D eigenvalue weighted by molar-refractivity contribution is 6.00. The van der Waals surface area contributed by atoms with E-state index in [0.29, 0.717) is 17.2 Å². The molecule has 5 aromatic rings. The third kappa shape index (κ3) is 4.92. The second-order valence-corrected chi connectivity index (χ2v) is 12.3. The molecule has 3 atom stereocenters. The second kappa shape index (κ2) is 11.2. The number of aliphatic carboxylic acids is 1. The fraction of sp³-hybridized carbons (Fsp3) is 0.289. The number of fused-ring (bicyclic) bond motifs is 2. The number of rotatable bonds is 9. The van der Waals surface area contributed by atoms with E-state index in [1.54, 1.807) is 19.2 Å². The molecule has 7 rings (SSSR count). The molecule has 44 heavy (non-hydrogen) atoms. The molecule has 1 heterocycles. The van der Waals surface area contributed by atoms with Gasteiger partial charge in [-0.15, -0.1) is 0 Å². The lowest BCUT2D eigenvalue weighted by atomic mass is 9.83. The fourth-order valence-electron chi connectivity index (χ4n) is 7.25. The van der Waals surface area contributed by atoms with Gasteiger partial charge in [-0.05, 0) is 102 Å². The minimum absolute atomic E-state index is 0.0235. The maximum Gasteiger partial charge on any atom is 0.306 e. The van der Waals surface area contributed by atoms with Crippen molar-refractivity contribution < 1.29 is 23.8 Å². The summed E-state index contributed by atoms with van der Waals surface area (Å²) in [4.78, 5) is 11.9. The molecule has 0 spiro atoms. The second-order valence-electron chi connectivity index (χ2n) is 12.3. The molecular weight excluding hydrogens is 553 g/mol. The van der Waals surface area contributed by atoms with Gasteiger partial charge in [-0.25, -0.2) is 4.39 Å². The minimum atomic E-state index is -0.762. The number of halogens is 1. The summed E-state index contributed by atoms with van der Waals surface area (Å²) in [5.74, 6) is 0.219. The molecule has 2 aliphatic carbocycles. The van der Waals surface area contributed by atoms with Crippen LogP contribution >= 0.6 is 0 Å². The Bertz CT molecular complexity index is 1890. The van der Waals surface area contributed by atoms with Crippen molar-refractivity contribution >= 4 is 16.9 Å². The lowest BCUT2D eigenvalue weighted by molar-refractivity contribution is -0.142. The predicted octanol–water partition coefficient (Wildman–Crippen LogP) is 8.94. The zero-order valence-electron chi connectivity index (χ0n) is 25.2. The number of aryl methyl sites for hydroxylation is 1. The Morgan fingerprint density at radius 1 is 0.932 bits per heavy atom. The van der Waals surface area contributed by atoms with Crippen molar-refractivity contribution in [2.75, 3.05) is 7.11 Å². The van der Waals surface area contributed by atoms with Crippen LogP contribution in [0.4, 0.5) is 4.39 Å². The average molecular weight is 590 g/mol. The van der Waals surface area contributed by atoms with Crippen LogP contribution in [0.3, 0.4) is 0 Å². The molecule has 0 aliphatic heterocycles. The van der Waals surface area contributed by atoms with Crippen LogP contribution in [-0.2, 0) is 18.3 Å². The summed E-state index contributed by atoms with van der Waals surface area (Å²) in [6, 6.07) is 25.4. The van der Waals surface area contributed by atoms with Crippen LogP contribution in [0.2, 0.25) is 0 Å². The number of benzene rings is 4. The van der Waals surface area contributed by atoms with Crippen LogP contribution in [0.1, 0.15) is 54.9 Å². The summed E-state index contributed by atoms with van der Waals surface area (Å²) in [7, 11) is 3.64. The van der Waals surface area contributed by atoms with Crippen LogP contribution in [0.25, 0.3) is 33.2 Å². The van der Waals surface area contributed by atoms with Gasteiger partial charge in [-0.1, -0.05) is 49.4 Å². The van der Waals surface area contributed by atoms with Crippen LogP contribution in [0, 0.1) is 17.7 Å². The number of carbonyl (C=O) groups is 1. The van der Waals surface area contributed by atoms with Gasteiger partial charge >= 0.3 is 5.97 Å². The summed E-state index contributed by atoms with van der Waals surface area (Å²) in [6.45, 7) is 1.81. The molecule has 5 nitrogen and oxygen atoms in total. The van der Waals surface area contributed by atoms with Gasteiger partial charge in [0.05, 0.1) is 18.5 Å². The Balaban J connectivity index is 1.32. The molecular formula is C38H36FNO4. The van der Waals surface area contributed by atoms with E-state index in [0.717, 1.165) is 75.7 Å². The Labute approximate surface area is 256 Å². The molecule has 1 unspecified atom stereocenters. The van der Waals surface area contributed by atoms with Crippen molar-refractivity contribution in [1.82, 2.24) is 4.57 Å². The van der Waals surface area contributed by atoms with E-state index in [-0.39, 0.29) is 17.8 Å². The summed E-state index contributed by atoms with van der Waals surface area (Å²) >= 11 is 0.